The summed E-state index contributed by atoms with van der Waals surface area (Å²) in [5, 5.41) is 2.72. The quantitative estimate of drug-likeness (QED) is 0.470. The van der Waals surface area contributed by atoms with Crippen LogP contribution in [0.4, 0.5) is 37.8 Å². The smallest absolute Gasteiger partial charge is 0.339 e. The van der Waals surface area contributed by atoms with E-state index in [2.05, 4.69) is 25.3 Å². The van der Waals surface area contributed by atoms with E-state index in [9.17, 15) is 26.3 Å². The summed E-state index contributed by atoms with van der Waals surface area (Å²) >= 11 is 0. The van der Waals surface area contributed by atoms with Gasteiger partial charge in [0.15, 0.2) is 17.3 Å². The fourth-order valence-electron chi connectivity index (χ4n) is 2.75. The maximum atomic E-state index is 13.5. The molecule has 0 aliphatic rings. The molecular weight excluding hydrogens is 414 g/mol. The highest BCUT2D eigenvalue weighted by atomic mass is 19.4. The zero-order valence-electron chi connectivity index (χ0n) is 14.7. The monoisotopic (exact) mass is 424 g/mol. The summed E-state index contributed by atoms with van der Waals surface area (Å²) in [6.45, 7) is 0. The molecule has 6 nitrogen and oxygen atoms in total. The number of nitrogens with one attached hydrogen (secondary N) is 1. The molecule has 1 aromatic carbocycles. The number of hydrogen-bond donors (Lipinski definition) is 1. The number of halogens is 6. The van der Waals surface area contributed by atoms with Crippen LogP contribution in [0.3, 0.4) is 0 Å². The molecule has 1 N–H and O–H groups in total. The third-order valence-corrected chi connectivity index (χ3v) is 4.02. The summed E-state index contributed by atoms with van der Waals surface area (Å²) in [5.41, 5.74) is -0.624. The van der Waals surface area contributed by atoms with Crippen molar-refractivity contribution >= 4 is 22.7 Å². The van der Waals surface area contributed by atoms with Crippen molar-refractivity contribution in [2.75, 3.05) is 5.32 Å². The number of anilines is 2. The van der Waals surface area contributed by atoms with Gasteiger partial charge in [-0.05, 0) is 36.4 Å². The van der Waals surface area contributed by atoms with Crippen LogP contribution in [-0.4, -0.2) is 24.5 Å². The SMILES string of the molecule is FC(F)(F)c1ccc(Nc2cncc(-n3c(C(F)(F)F)nc4ncccc43)n2)cc1. The molecule has 0 amide bonds. The lowest BCUT2D eigenvalue weighted by atomic mass is 10.2. The van der Waals surface area contributed by atoms with Crippen LogP contribution in [0.2, 0.25) is 0 Å². The third kappa shape index (κ3) is 3.75. The van der Waals surface area contributed by atoms with Crippen molar-refractivity contribution in [2.24, 2.45) is 0 Å². The van der Waals surface area contributed by atoms with E-state index in [1.807, 2.05) is 0 Å². The number of pyridine rings is 1. The van der Waals surface area contributed by atoms with E-state index in [1.165, 1.54) is 36.7 Å². The molecule has 0 spiro atoms. The molecule has 0 radical (unpaired) electrons. The van der Waals surface area contributed by atoms with Crippen LogP contribution in [0.1, 0.15) is 11.4 Å². The Morgan fingerprint density at radius 2 is 1.57 bits per heavy atom. The molecule has 0 unspecified atom stereocenters. The van der Waals surface area contributed by atoms with Crippen molar-refractivity contribution in [3.05, 3.63) is 66.4 Å². The molecule has 12 heteroatoms. The average molecular weight is 424 g/mol. The van der Waals surface area contributed by atoms with Gasteiger partial charge in [0, 0.05) is 11.9 Å². The molecule has 0 saturated carbocycles. The number of hydrogen-bond acceptors (Lipinski definition) is 5. The van der Waals surface area contributed by atoms with Gasteiger partial charge in [-0.15, -0.1) is 0 Å². The van der Waals surface area contributed by atoms with Crippen LogP contribution in [0.15, 0.2) is 55.0 Å². The molecule has 0 aliphatic carbocycles. The topological polar surface area (TPSA) is 68.5 Å². The zero-order chi connectivity index (χ0) is 21.5. The fraction of sp³-hybridized carbons (Fsp3) is 0.111. The molecule has 30 heavy (non-hydrogen) atoms. The number of fused-ring (bicyclic) bond motifs is 1. The molecule has 0 atom stereocenters. The first kappa shape index (κ1) is 19.6. The van der Waals surface area contributed by atoms with Crippen LogP contribution < -0.4 is 5.32 Å². The predicted octanol–water partition coefficient (Wildman–Crippen LogP) is 4.99. The second-order valence-electron chi connectivity index (χ2n) is 6.08. The predicted molar refractivity (Wildman–Crippen MR) is 94.2 cm³/mol. The van der Waals surface area contributed by atoms with E-state index in [1.54, 1.807) is 0 Å². The molecule has 4 aromatic rings. The number of nitrogens with zero attached hydrogens (tertiary/aromatic N) is 5. The first-order chi connectivity index (χ1) is 14.1. The van der Waals surface area contributed by atoms with Gasteiger partial charge in [-0.2, -0.15) is 26.3 Å². The maximum absolute atomic E-state index is 13.5. The second kappa shape index (κ2) is 6.97. The van der Waals surface area contributed by atoms with Crippen LogP contribution in [0.5, 0.6) is 0 Å². The lowest BCUT2D eigenvalue weighted by molar-refractivity contribution is -0.145. The summed E-state index contributed by atoms with van der Waals surface area (Å²) < 4.78 is 79.2. The van der Waals surface area contributed by atoms with E-state index in [0.29, 0.717) is 0 Å². The summed E-state index contributed by atoms with van der Waals surface area (Å²) in [7, 11) is 0. The molecular formula is C18H10F6N6. The Kier molecular flexibility index (Phi) is 4.56. The Balaban J connectivity index is 1.73. The molecule has 0 fully saturated rings. The Morgan fingerprint density at radius 1 is 0.833 bits per heavy atom. The zero-order valence-corrected chi connectivity index (χ0v) is 14.7. The summed E-state index contributed by atoms with van der Waals surface area (Å²) in [6, 6.07) is 6.96. The summed E-state index contributed by atoms with van der Waals surface area (Å²) in [6.07, 6.45) is -5.61. The Labute approximate surface area is 164 Å². The Morgan fingerprint density at radius 3 is 2.23 bits per heavy atom. The van der Waals surface area contributed by atoms with E-state index in [0.717, 1.165) is 22.9 Å². The standard InChI is InChI=1S/C18H10F6N6/c19-17(20,21)10-3-5-11(6-4-10)27-13-8-25-9-14(28-13)30-12-2-1-7-26-15(12)29-16(30)18(22,23)24/h1-9H,(H,27,28). The van der Waals surface area contributed by atoms with Crippen molar-refractivity contribution < 1.29 is 26.3 Å². The van der Waals surface area contributed by atoms with E-state index in [-0.39, 0.29) is 28.5 Å². The number of aromatic nitrogens is 5. The second-order valence-corrected chi connectivity index (χ2v) is 6.08. The maximum Gasteiger partial charge on any atom is 0.450 e. The highest BCUT2D eigenvalue weighted by molar-refractivity contribution is 5.74. The van der Waals surface area contributed by atoms with Crippen molar-refractivity contribution in [1.82, 2.24) is 24.5 Å². The van der Waals surface area contributed by atoms with Gasteiger partial charge in [0.05, 0.1) is 23.5 Å². The minimum atomic E-state index is -4.78. The van der Waals surface area contributed by atoms with Gasteiger partial charge in [-0.25, -0.2) is 15.0 Å². The van der Waals surface area contributed by atoms with E-state index >= 15 is 0 Å². The minimum Gasteiger partial charge on any atom is -0.339 e. The van der Waals surface area contributed by atoms with Gasteiger partial charge in [-0.1, -0.05) is 0 Å². The van der Waals surface area contributed by atoms with Crippen LogP contribution >= 0.6 is 0 Å². The molecule has 4 rings (SSSR count). The van der Waals surface area contributed by atoms with E-state index in [4.69, 9.17) is 0 Å². The molecule has 154 valence electrons. The Bertz CT molecular complexity index is 1200. The van der Waals surface area contributed by atoms with Crippen LogP contribution in [-0.2, 0) is 12.4 Å². The molecule has 3 aromatic heterocycles. The normalized spacial score (nSPS) is 12.3. The van der Waals surface area contributed by atoms with Crippen molar-refractivity contribution in [1.29, 1.82) is 0 Å². The lowest BCUT2D eigenvalue weighted by Gasteiger charge is -2.12. The number of benzene rings is 1. The highest BCUT2D eigenvalue weighted by Crippen LogP contribution is 2.33. The Hall–Kier alpha value is -3.70. The fourth-order valence-corrected chi connectivity index (χ4v) is 2.75. The number of rotatable bonds is 3. The minimum absolute atomic E-state index is 0.0334. The van der Waals surface area contributed by atoms with Gasteiger partial charge >= 0.3 is 12.4 Å². The average Bonchev–Trinajstić information content (AvgIpc) is 3.08. The van der Waals surface area contributed by atoms with Gasteiger partial charge in [0.25, 0.3) is 0 Å². The first-order valence-electron chi connectivity index (χ1n) is 8.30. The summed E-state index contributed by atoms with van der Waals surface area (Å²) in [4.78, 5) is 15.4. The lowest BCUT2D eigenvalue weighted by Crippen LogP contribution is -2.15. The van der Waals surface area contributed by atoms with Crippen LogP contribution in [0.25, 0.3) is 17.0 Å². The van der Waals surface area contributed by atoms with Crippen molar-refractivity contribution in [3.8, 4) is 5.82 Å². The first-order valence-corrected chi connectivity index (χ1v) is 8.30. The summed E-state index contributed by atoms with van der Waals surface area (Å²) in [5.74, 6) is -1.38. The molecule has 0 aliphatic heterocycles. The van der Waals surface area contributed by atoms with Crippen molar-refractivity contribution in [3.63, 3.8) is 0 Å². The molecule has 0 saturated heterocycles. The van der Waals surface area contributed by atoms with Crippen LogP contribution in [0, 0.1) is 0 Å². The number of alkyl halides is 6. The largest absolute Gasteiger partial charge is 0.450 e. The molecule has 3 heterocycles. The van der Waals surface area contributed by atoms with Gasteiger partial charge in [0.2, 0.25) is 5.82 Å². The van der Waals surface area contributed by atoms with Gasteiger partial charge < -0.3 is 5.32 Å². The highest BCUT2D eigenvalue weighted by Gasteiger charge is 2.38. The van der Waals surface area contributed by atoms with Gasteiger partial charge in [-0.3, -0.25) is 9.55 Å². The van der Waals surface area contributed by atoms with Crippen molar-refractivity contribution in [2.45, 2.75) is 12.4 Å². The van der Waals surface area contributed by atoms with Gasteiger partial charge in [0.1, 0.15) is 0 Å². The third-order valence-electron chi connectivity index (χ3n) is 4.02. The van der Waals surface area contributed by atoms with E-state index < -0.39 is 23.7 Å². The number of imidazole rings is 1. The molecule has 0 bridgehead atoms.